The Labute approximate surface area is 231 Å². The molecule has 2 aromatic carbocycles. The molecule has 0 radical (unpaired) electrons. The molecule has 1 aliphatic rings. The molecule has 1 fully saturated rings. The molecule has 0 saturated carbocycles. The maximum Gasteiger partial charge on any atom is 0.312 e. The molecule has 0 bridgehead atoms. The molecule has 10 heteroatoms. The van der Waals surface area contributed by atoms with Crippen molar-refractivity contribution in [2.24, 2.45) is 5.41 Å². The summed E-state index contributed by atoms with van der Waals surface area (Å²) in [6.07, 6.45) is 1.34. The average molecular weight is 565 g/mol. The van der Waals surface area contributed by atoms with Gasteiger partial charge in [0, 0.05) is 29.8 Å². The first-order valence-corrected chi connectivity index (χ1v) is 13.4. The predicted molar refractivity (Wildman–Crippen MR) is 143 cm³/mol. The first-order valence-electron chi connectivity index (χ1n) is 13.0. The summed E-state index contributed by atoms with van der Waals surface area (Å²) in [5.74, 6) is -1.10. The Bertz CT molecular complexity index is 1300. The van der Waals surface area contributed by atoms with E-state index in [4.69, 9.17) is 25.8 Å². The van der Waals surface area contributed by atoms with Crippen LogP contribution in [0, 0.1) is 17.0 Å². The van der Waals surface area contributed by atoms with E-state index in [2.05, 4.69) is 9.88 Å². The first kappa shape index (κ1) is 29.0. The number of piperidine rings is 1. The van der Waals surface area contributed by atoms with Gasteiger partial charge in [-0.25, -0.2) is 13.2 Å². The monoisotopic (exact) mass is 564 g/mol. The molecule has 3 aromatic rings. The fourth-order valence-corrected chi connectivity index (χ4v) is 5.35. The first-order chi connectivity index (χ1) is 18.8. The van der Waals surface area contributed by atoms with Crippen molar-refractivity contribution in [3.05, 3.63) is 64.8 Å². The number of carbonyl (C=O) groups excluding carboxylic acids is 1. The largest absolute Gasteiger partial charge is 0.497 e. The highest BCUT2D eigenvalue weighted by atomic mass is 35.5. The average Bonchev–Trinajstić information content (AvgIpc) is 2.94. The van der Waals surface area contributed by atoms with Gasteiger partial charge in [-0.3, -0.25) is 14.7 Å². The molecular formula is C29H32ClF3N2O4. The lowest BCUT2D eigenvalue weighted by Gasteiger charge is -2.40. The maximum absolute atomic E-state index is 15.8. The van der Waals surface area contributed by atoms with E-state index in [1.54, 1.807) is 25.1 Å². The van der Waals surface area contributed by atoms with Crippen LogP contribution in [0.25, 0.3) is 10.9 Å². The van der Waals surface area contributed by atoms with E-state index in [9.17, 15) is 13.6 Å². The van der Waals surface area contributed by atoms with Gasteiger partial charge in [0.2, 0.25) is 0 Å². The standard InChI is InChI=1S/C29H32ClF3N2O4/c1-3-38-28(36)29(10-12-35(13-11-29)14-15-39-26-16-19(31)4-6-23(26)32)9-8-24(33)27-21-17-20(37-2)5-7-25(21)34-18-22(27)30/h4-7,16-18,24H,3,8-15H2,1-2H3. The Balaban J connectivity index is 1.41. The zero-order valence-corrected chi connectivity index (χ0v) is 22.8. The fourth-order valence-electron chi connectivity index (χ4n) is 5.08. The minimum Gasteiger partial charge on any atom is -0.497 e. The number of likely N-dealkylation sites (tertiary alicyclic amines) is 1. The van der Waals surface area contributed by atoms with Gasteiger partial charge in [-0.15, -0.1) is 0 Å². The molecular weight excluding hydrogens is 533 g/mol. The summed E-state index contributed by atoms with van der Waals surface area (Å²) in [7, 11) is 1.53. The van der Waals surface area contributed by atoms with Gasteiger partial charge in [0.15, 0.2) is 11.6 Å². The molecule has 6 nitrogen and oxygen atoms in total. The second kappa shape index (κ2) is 12.9. The number of aromatic nitrogens is 1. The summed E-state index contributed by atoms with van der Waals surface area (Å²) < 4.78 is 59.1. The molecule has 1 aromatic heterocycles. The third kappa shape index (κ3) is 6.76. The molecule has 4 rings (SSSR count). The van der Waals surface area contributed by atoms with Crippen LogP contribution in [0.5, 0.6) is 11.5 Å². The molecule has 1 unspecified atom stereocenters. The molecule has 1 atom stereocenters. The number of alkyl halides is 1. The summed E-state index contributed by atoms with van der Waals surface area (Å²) >= 11 is 6.39. The molecule has 1 aliphatic heterocycles. The molecule has 210 valence electrons. The van der Waals surface area contributed by atoms with Crippen LogP contribution < -0.4 is 9.47 Å². The highest BCUT2D eigenvalue weighted by Crippen LogP contribution is 2.43. The zero-order valence-electron chi connectivity index (χ0n) is 22.0. The van der Waals surface area contributed by atoms with E-state index < -0.39 is 23.2 Å². The summed E-state index contributed by atoms with van der Waals surface area (Å²) in [5, 5.41) is 0.794. The Morgan fingerprint density at radius 2 is 1.95 bits per heavy atom. The van der Waals surface area contributed by atoms with Crippen molar-refractivity contribution in [2.45, 2.75) is 38.8 Å². The smallest absolute Gasteiger partial charge is 0.312 e. The third-order valence-corrected chi connectivity index (χ3v) is 7.64. The number of fused-ring (bicyclic) bond motifs is 1. The second-order valence-corrected chi connectivity index (χ2v) is 10.1. The van der Waals surface area contributed by atoms with E-state index in [-0.39, 0.29) is 42.8 Å². The molecule has 0 amide bonds. The second-order valence-electron chi connectivity index (χ2n) is 9.67. The third-order valence-electron chi connectivity index (χ3n) is 7.34. The fraction of sp³-hybridized carbons (Fsp3) is 0.448. The maximum atomic E-state index is 15.8. The summed E-state index contributed by atoms with van der Waals surface area (Å²) in [5.41, 5.74) is 0.102. The van der Waals surface area contributed by atoms with E-state index in [1.807, 2.05) is 0 Å². The van der Waals surface area contributed by atoms with Gasteiger partial charge >= 0.3 is 5.97 Å². The SMILES string of the molecule is CCOC(=O)C1(CCC(F)c2c(Cl)cnc3ccc(OC)cc23)CCN(CCOc2cc(F)ccc2F)CC1. The summed E-state index contributed by atoms with van der Waals surface area (Å²) in [6, 6.07) is 8.29. The van der Waals surface area contributed by atoms with Gasteiger partial charge in [0.1, 0.15) is 24.3 Å². The van der Waals surface area contributed by atoms with Gasteiger partial charge < -0.3 is 14.2 Å². The van der Waals surface area contributed by atoms with Crippen LogP contribution in [0.1, 0.15) is 44.3 Å². The highest BCUT2D eigenvalue weighted by Gasteiger charge is 2.43. The van der Waals surface area contributed by atoms with Crippen molar-refractivity contribution in [3.63, 3.8) is 0 Å². The van der Waals surface area contributed by atoms with Crippen LogP contribution in [0.4, 0.5) is 13.2 Å². The molecule has 2 heterocycles. The number of hydrogen-bond acceptors (Lipinski definition) is 6. The van der Waals surface area contributed by atoms with E-state index in [0.717, 1.165) is 18.2 Å². The van der Waals surface area contributed by atoms with Crippen molar-refractivity contribution >= 4 is 28.5 Å². The molecule has 1 saturated heterocycles. The molecule has 0 spiro atoms. The number of pyridine rings is 1. The molecule has 0 N–H and O–H groups in total. The van der Waals surface area contributed by atoms with Gasteiger partial charge in [0.25, 0.3) is 0 Å². The van der Waals surface area contributed by atoms with Gasteiger partial charge in [-0.1, -0.05) is 11.6 Å². The normalized spacial score (nSPS) is 16.2. The summed E-state index contributed by atoms with van der Waals surface area (Å²) in [4.78, 5) is 19.5. The van der Waals surface area contributed by atoms with Crippen LogP contribution in [0.3, 0.4) is 0 Å². The lowest BCUT2D eigenvalue weighted by molar-refractivity contribution is -0.159. The Morgan fingerprint density at radius 3 is 2.67 bits per heavy atom. The van der Waals surface area contributed by atoms with Crippen molar-refractivity contribution in [1.82, 2.24) is 9.88 Å². The van der Waals surface area contributed by atoms with Crippen LogP contribution in [0.2, 0.25) is 5.02 Å². The molecule has 39 heavy (non-hydrogen) atoms. The Morgan fingerprint density at radius 1 is 1.18 bits per heavy atom. The minimum absolute atomic E-state index is 0.0802. The number of benzene rings is 2. The van der Waals surface area contributed by atoms with Crippen LogP contribution in [-0.2, 0) is 9.53 Å². The highest BCUT2D eigenvalue weighted by molar-refractivity contribution is 6.32. The number of methoxy groups -OCH3 is 1. The number of halogens is 4. The number of hydrogen-bond donors (Lipinski definition) is 0. The van der Waals surface area contributed by atoms with Crippen molar-refractivity contribution in [1.29, 1.82) is 0 Å². The Hall–Kier alpha value is -3.04. The van der Waals surface area contributed by atoms with Gasteiger partial charge in [-0.2, -0.15) is 0 Å². The number of nitrogens with zero attached hydrogens (tertiary/aromatic N) is 2. The van der Waals surface area contributed by atoms with Crippen molar-refractivity contribution in [3.8, 4) is 11.5 Å². The quantitative estimate of drug-likeness (QED) is 0.242. The van der Waals surface area contributed by atoms with Crippen LogP contribution in [-0.4, -0.2) is 55.8 Å². The Kier molecular flexibility index (Phi) is 9.56. The van der Waals surface area contributed by atoms with Crippen molar-refractivity contribution < 1.29 is 32.2 Å². The number of esters is 1. The van der Waals surface area contributed by atoms with E-state index >= 15 is 4.39 Å². The van der Waals surface area contributed by atoms with Crippen molar-refractivity contribution in [2.75, 3.05) is 40.0 Å². The molecule has 0 aliphatic carbocycles. The van der Waals surface area contributed by atoms with E-state index in [1.165, 1.54) is 13.3 Å². The topological polar surface area (TPSA) is 60.9 Å². The lowest BCUT2D eigenvalue weighted by Crippen LogP contribution is -2.46. The van der Waals surface area contributed by atoms with Gasteiger partial charge in [0.05, 0.1) is 29.7 Å². The zero-order chi connectivity index (χ0) is 28.0. The number of ether oxygens (including phenoxy) is 3. The van der Waals surface area contributed by atoms with E-state index in [0.29, 0.717) is 54.7 Å². The van der Waals surface area contributed by atoms with Crippen LogP contribution in [0.15, 0.2) is 42.6 Å². The summed E-state index contributed by atoms with van der Waals surface area (Å²) in [6.45, 7) is 3.73. The van der Waals surface area contributed by atoms with Crippen LogP contribution >= 0.6 is 11.6 Å². The predicted octanol–water partition coefficient (Wildman–Crippen LogP) is 6.69. The number of rotatable bonds is 11. The number of carbonyl (C=O) groups is 1. The van der Waals surface area contributed by atoms with Gasteiger partial charge in [-0.05, 0) is 76.0 Å². The minimum atomic E-state index is -1.42. The lowest BCUT2D eigenvalue weighted by atomic mass is 9.74.